The molecule has 0 saturated carbocycles. The van der Waals surface area contributed by atoms with Gasteiger partial charge in [-0.1, -0.05) is 13.0 Å². The first kappa shape index (κ1) is 15.5. The highest BCUT2D eigenvalue weighted by Crippen LogP contribution is 2.30. The van der Waals surface area contributed by atoms with Gasteiger partial charge in [0.05, 0.1) is 20.8 Å². The molecule has 0 aliphatic carbocycles. The summed E-state index contributed by atoms with van der Waals surface area (Å²) < 4.78 is 8.27. The fraction of sp³-hybridized carbons (Fsp3) is 0.357. The van der Waals surface area contributed by atoms with Crippen LogP contribution in [-0.2, 0) is 20.1 Å². The third-order valence-electron chi connectivity index (χ3n) is 3.18. The summed E-state index contributed by atoms with van der Waals surface area (Å²) in [7, 11) is 1.83. The number of nitro groups is 1. The average molecular weight is 354 g/mol. The van der Waals surface area contributed by atoms with Gasteiger partial charge in [0.1, 0.15) is 6.61 Å². The standard InChI is InChI=1S/C14H16BrN3O3/c1-4-10-14(15)12(17(3)16-10)8-21-13-7-9(2)5-6-11(13)18(19)20/h5-7H,4,8H2,1-3H3. The summed E-state index contributed by atoms with van der Waals surface area (Å²) in [5.41, 5.74) is 2.67. The smallest absolute Gasteiger partial charge is 0.310 e. The minimum atomic E-state index is -0.440. The molecule has 0 bridgehead atoms. The molecule has 2 aromatic rings. The van der Waals surface area contributed by atoms with Crippen molar-refractivity contribution in [3.8, 4) is 5.75 Å². The van der Waals surface area contributed by atoms with E-state index in [1.807, 2.05) is 20.9 Å². The molecule has 0 N–H and O–H groups in total. The number of nitro benzene ring substituents is 1. The van der Waals surface area contributed by atoms with E-state index in [9.17, 15) is 10.1 Å². The minimum Gasteiger partial charge on any atom is -0.480 e. The van der Waals surface area contributed by atoms with Gasteiger partial charge in [-0.25, -0.2) is 0 Å². The highest BCUT2D eigenvalue weighted by atomic mass is 79.9. The van der Waals surface area contributed by atoms with Gasteiger partial charge in [-0.15, -0.1) is 0 Å². The molecule has 1 aromatic carbocycles. The summed E-state index contributed by atoms with van der Waals surface area (Å²) in [6.45, 7) is 4.10. The van der Waals surface area contributed by atoms with E-state index in [0.717, 1.165) is 27.8 Å². The summed E-state index contributed by atoms with van der Waals surface area (Å²) in [5.74, 6) is 0.270. The summed E-state index contributed by atoms with van der Waals surface area (Å²) in [6, 6.07) is 4.82. The largest absolute Gasteiger partial charge is 0.480 e. The predicted molar refractivity (Wildman–Crippen MR) is 82.5 cm³/mol. The molecular formula is C14H16BrN3O3. The molecule has 0 unspecified atom stereocenters. The molecule has 21 heavy (non-hydrogen) atoms. The molecule has 7 heteroatoms. The molecule has 0 fully saturated rings. The molecule has 0 saturated heterocycles. The fourth-order valence-corrected chi connectivity index (χ4v) is 2.74. The van der Waals surface area contributed by atoms with Crippen LogP contribution >= 0.6 is 15.9 Å². The van der Waals surface area contributed by atoms with Crippen molar-refractivity contribution in [2.75, 3.05) is 0 Å². The van der Waals surface area contributed by atoms with Crippen LogP contribution in [0.25, 0.3) is 0 Å². The molecule has 1 aromatic heterocycles. The van der Waals surface area contributed by atoms with Crippen LogP contribution in [0.4, 0.5) is 5.69 Å². The number of hydrogen-bond acceptors (Lipinski definition) is 4. The van der Waals surface area contributed by atoms with Crippen LogP contribution in [-0.4, -0.2) is 14.7 Å². The molecule has 112 valence electrons. The van der Waals surface area contributed by atoms with E-state index in [4.69, 9.17) is 4.74 Å². The van der Waals surface area contributed by atoms with Crippen LogP contribution in [0.3, 0.4) is 0 Å². The Morgan fingerprint density at radius 3 is 2.76 bits per heavy atom. The Kier molecular flexibility index (Phi) is 4.62. The van der Waals surface area contributed by atoms with Gasteiger partial charge in [0.25, 0.3) is 0 Å². The molecule has 2 rings (SSSR count). The summed E-state index contributed by atoms with van der Waals surface area (Å²) in [4.78, 5) is 10.6. The van der Waals surface area contributed by atoms with Crippen molar-refractivity contribution in [2.45, 2.75) is 26.9 Å². The quantitative estimate of drug-likeness (QED) is 0.608. The zero-order valence-corrected chi connectivity index (χ0v) is 13.7. The number of halogens is 1. The van der Waals surface area contributed by atoms with E-state index in [0.29, 0.717) is 0 Å². The number of rotatable bonds is 5. The van der Waals surface area contributed by atoms with Gasteiger partial charge < -0.3 is 4.74 Å². The van der Waals surface area contributed by atoms with E-state index in [1.54, 1.807) is 16.8 Å². The Hall–Kier alpha value is -1.89. The van der Waals surface area contributed by atoms with Crippen LogP contribution < -0.4 is 4.74 Å². The van der Waals surface area contributed by atoms with E-state index in [-0.39, 0.29) is 18.0 Å². The molecule has 0 amide bonds. The maximum absolute atomic E-state index is 11.0. The number of ether oxygens (including phenoxy) is 1. The van der Waals surface area contributed by atoms with Gasteiger partial charge in [-0.3, -0.25) is 14.8 Å². The van der Waals surface area contributed by atoms with Crippen LogP contribution in [0.1, 0.15) is 23.9 Å². The second kappa shape index (κ2) is 6.26. The van der Waals surface area contributed by atoms with E-state index in [1.165, 1.54) is 6.07 Å². The molecule has 0 spiro atoms. The van der Waals surface area contributed by atoms with Gasteiger partial charge in [0.2, 0.25) is 0 Å². The molecular weight excluding hydrogens is 338 g/mol. The van der Waals surface area contributed by atoms with Crippen molar-refractivity contribution in [2.24, 2.45) is 7.05 Å². The fourth-order valence-electron chi connectivity index (χ4n) is 2.01. The van der Waals surface area contributed by atoms with Crippen molar-refractivity contribution >= 4 is 21.6 Å². The first-order valence-electron chi connectivity index (χ1n) is 6.52. The van der Waals surface area contributed by atoms with E-state index < -0.39 is 4.92 Å². The van der Waals surface area contributed by atoms with Crippen molar-refractivity contribution < 1.29 is 9.66 Å². The zero-order chi connectivity index (χ0) is 15.6. The predicted octanol–water partition coefficient (Wildman–Crippen LogP) is 3.54. The molecule has 6 nitrogen and oxygen atoms in total. The summed E-state index contributed by atoms with van der Waals surface area (Å²) >= 11 is 3.50. The van der Waals surface area contributed by atoms with Gasteiger partial charge >= 0.3 is 5.69 Å². The number of hydrogen-bond donors (Lipinski definition) is 0. The lowest BCUT2D eigenvalue weighted by molar-refractivity contribution is -0.386. The number of benzene rings is 1. The van der Waals surface area contributed by atoms with Gasteiger partial charge in [0, 0.05) is 13.1 Å². The van der Waals surface area contributed by atoms with Crippen molar-refractivity contribution in [3.05, 3.63) is 49.7 Å². The zero-order valence-electron chi connectivity index (χ0n) is 12.1. The topological polar surface area (TPSA) is 70.2 Å². The summed E-state index contributed by atoms with van der Waals surface area (Å²) in [6.07, 6.45) is 0.805. The first-order chi connectivity index (χ1) is 9.93. The van der Waals surface area contributed by atoms with Crippen LogP contribution in [0.15, 0.2) is 22.7 Å². The highest BCUT2D eigenvalue weighted by Gasteiger charge is 2.18. The molecule has 0 radical (unpaired) electrons. The molecule has 0 aliphatic rings. The first-order valence-corrected chi connectivity index (χ1v) is 7.31. The monoisotopic (exact) mass is 353 g/mol. The second-order valence-electron chi connectivity index (χ2n) is 4.70. The van der Waals surface area contributed by atoms with Crippen molar-refractivity contribution in [1.29, 1.82) is 0 Å². The maximum atomic E-state index is 11.0. The normalized spacial score (nSPS) is 10.7. The van der Waals surface area contributed by atoms with E-state index >= 15 is 0 Å². The number of aromatic nitrogens is 2. The van der Waals surface area contributed by atoms with Gasteiger partial charge in [-0.05, 0) is 40.9 Å². The van der Waals surface area contributed by atoms with Gasteiger partial charge in [-0.2, -0.15) is 5.10 Å². The lowest BCUT2D eigenvalue weighted by Crippen LogP contribution is -2.05. The highest BCUT2D eigenvalue weighted by molar-refractivity contribution is 9.10. The molecule has 0 aliphatic heterocycles. The van der Waals surface area contributed by atoms with E-state index in [2.05, 4.69) is 21.0 Å². The average Bonchev–Trinajstić information content (AvgIpc) is 2.71. The molecule has 0 atom stereocenters. The van der Waals surface area contributed by atoms with Crippen LogP contribution in [0, 0.1) is 17.0 Å². The third-order valence-corrected chi connectivity index (χ3v) is 4.09. The summed E-state index contributed by atoms with van der Waals surface area (Å²) in [5, 5.41) is 15.4. The molecule has 1 heterocycles. The number of aryl methyl sites for hydroxylation is 3. The lowest BCUT2D eigenvalue weighted by Gasteiger charge is -2.08. The lowest BCUT2D eigenvalue weighted by atomic mass is 10.2. The Bertz CT molecular complexity index is 682. The third kappa shape index (κ3) is 3.24. The van der Waals surface area contributed by atoms with Crippen LogP contribution in [0.2, 0.25) is 0 Å². The van der Waals surface area contributed by atoms with Crippen LogP contribution in [0.5, 0.6) is 5.75 Å². The van der Waals surface area contributed by atoms with Crippen molar-refractivity contribution in [3.63, 3.8) is 0 Å². The Balaban J connectivity index is 2.26. The Morgan fingerprint density at radius 1 is 1.48 bits per heavy atom. The minimum absolute atomic E-state index is 0.0328. The number of nitrogens with zero attached hydrogens (tertiary/aromatic N) is 3. The van der Waals surface area contributed by atoms with Crippen molar-refractivity contribution in [1.82, 2.24) is 9.78 Å². The SMILES string of the molecule is CCc1nn(C)c(COc2cc(C)ccc2[N+](=O)[O-])c1Br. The Morgan fingerprint density at radius 2 is 2.19 bits per heavy atom. The Labute approximate surface area is 131 Å². The van der Waals surface area contributed by atoms with Gasteiger partial charge in [0.15, 0.2) is 5.75 Å². The second-order valence-corrected chi connectivity index (χ2v) is 5.49. The maximum Gasteiger partial charge on any atom is 0.310 e.